The standard InChI is InChI=1S/C26H26N4O/c1-18(20-5-3-2-4-6-20)15-27-16-19-7-9-21(10-8-19)26-28-17-22-11-12-24(31)29-23-13-14-30(26)25(22)23/h2-12,17-18,27H,13-16H2,1H3,(H,29,31). The second-order valence-electron chi connectivity index (χ2n) is 8.23. The monoisotopic (exact) mass is 410 g/mol. The summed E-state index contributed by atoms with van der Waals surface area (Å²) in [6.45, 7) is 4.86. The number of amides is 1. The van der Waals surface area contributed by atoms with Gasteiger partial charge >= 0.3 is 0 Å². The Balaban J connectivity index is 1.26. The summed E-state index contributed by atoms with van der Waals surface area (Å²) in [5.74, 6) is 1.35. The molecule has 0 aliphatic carbocycles. The van der Waals surface area contributed by atoms with Crippen molar-refractivity contribution in [2.45, 2.75) is 25.8 Å². The molecule has 3 aliphatic heterocycles. The van der Waals surface area contributed by atoms with Crippen LogP contribution in [0, 0.1) is 0 Å². The zero-order valence-electron chi connectivity index (χ0n) is 17.6. The Hall–Kier alpha value is -3.44. The lowest BCUT2D eigenvalue weighted by Crippen LogP contribution is -2.31. The molecule has 31 heavy (non-hydrogen) atoms. The van der Waals surface area contributed by atoms with Crippen LogP contribution in [0.5, 0.6) is 0 Å². The molecule has 3 heterocycles. The Bertz CT molecular complexity index is 1110. The predicted octanol–water partition coefficient (Wildman–Crippen LogP) is 3.83. The molecule has 2 aromatic rings. The van der Waals surface area contributed by atoms with Gasteiger partial charge in [0.1, 0.15) is 5.84 Å². The molecule has 0 aromatic heterocycles. The Labute approximate surface area is 182 Å². The Morgan fingerprint density at radius 1 is 1.10 bits per heavy atom. The molecule has 1 unspecified atom stereocenters. The van der Waals surface area contributed by atoms with Crippen LogP contribution >= 0.6 is 0 Å². The molecule has 0 spiro atoms. The van der Waals surface area contributed by atoms with E-state index in [0.29, 0.717) is 5.92 Å². The highest BCUT2D eigenvalue weighted by atomic mass is 16.1. The van der Waals surface area contributed by atoms with Crippen LogP contribution in [-0.4, -0.2) is 29.7 Å². The van der Waals surface area contributed by atoms with E-state index < -0.39 is 0 Å². The average molecular weight is 411 g/mol. The van der Waals surface area contributed by atoms with Crippen molar-refractivity contribution in [1.29, 1.82) is 0 Å². The summed E-state index contributed by atoms with van der Waals surface area (Å²) >= 11 is 0. The number of rotatable bonds is 6. The van der Waals surface area contributed by atoms with E-state index in [1.54, 1.807) is 6.08 Å². The van der Waals surface area contributed by atoms with Gasteiger partial charge in [0.25, 0.3) is 0 Å². The van der Waals surface area contributed by atoms with E-state index in [-0.39, 0.29) is 5.91 Å². The molecule has 2 N–H and O–H groups in total. The molecule has 5 rings (SSSR count). The van der Waals surface area contributed by atoms with Gasteiger partial charge in [0.2, 0.25) is 5.91 Å². The second-order valence-corrected chi connectivity index (χ2v) is 8.23. The van der Waals surface area contributed by atoms with E-state index in [0.717, 1.165) is 54.4 Å². The summed E-state index contributed by atoms with van der Waals surface area (Å²) in [7, 11) is 0. The average Bonchev–Trinajstić information content (AvgIpc) is 3.14. The van der Waals surface area contributed by atoms with Crippen molar-refractivity contribution in [2.24, 2.45) is 4.99 Å². The quantitative estimate of drug-likeness (QED) is 0.761. The molecular weight excluding hydrogens is 384 g/mol. The molecule has 0 radical (unpaired) electrons. The van der Waals surface area contributed by atoms with Gasteiger partial charge in [0, 0.05) is 55.2 Å². The molecule has 1 atom stereocenters. The van der Waals surface area contributed by atoms with Gasteiger partial charge in [0.15, 0.2) is 0 Å². The van der Waals surface area contributed by atoms with Crippen LogP contribution in [0.1, 0.15) is 36.0 Å². The van der Waals surface area contributed by atoms with Gasteiger partial charge in [-0.1, -0.05) is 61.5 Å². The minimum atomic E-state index is -0.0698. The molecule has 3 aliphatic rings. The molecular formula is C26H26N4O. The van der Waals surface area contributed by atoms with Crippen LogP contribution in [-0.2, 0) is 11.3 Å². The van der Waals surface area contributed by atoms with E-state index in [1.165, 1.54) is 11.1 Å². The maximum Gasteiger partial charge on any atom is 0.248 e. The fourth-order valence-corrected chi connectivity index (χ4v) is 4.35. The first-order valence-electron chi connectivity index (χ1n) is 10.8. The van der Waals surface area contributed by atoms with Crippen LogP contribution < -0.4 is 10.6 Å². The Morgan fingerprint density at radius 3 is 2.71 bits per heavy atom. The van der Waals surface area contributed by atoms with Gasteiger partial charge in [0.05, 0.1) is 5.70 Å². The lowest BCUT2D eigenvalue weighted by molar-refractivity contribution is -0.115. The zero-order valence-corrected chi connectivity index (χ0v) is 17.6. The van der Waals surface area contributed by atoms with Crippen LogP contribution in [0.15, 0.2) is 94.9 Å². The third kappa shape index (κ3) is 3.97. The van der Waals surface area contributed by atoms with Gasteiger partial charge in [-0.05, 0) is 23.1 Å². The molecule has 0 fully saturated rings. The van der Waals surface area contributed by atoms with Gasteiger partial charge in [-0.25, -0.2) is 4.99 Å². The van der Waals surface area contributed by atoms with Crippen molar-refractivity contribution in [3.8, 4) is 0 Å². The summed E-state index contributed by atoms with van der Waals surface area (Å²) in [4.78, 5) is 18.8. The Morgan fingerprint density at radius 2 is 1.90 bits per heavy atom. The number of amidine groups is 1. The highest BCUT2D eigenvalue weighted by molar-refractivity contribution is 6.02. The zero-order chi connectivity index (χ0) is 21.2. The minimum absolute atomic E-state index is 0.0698. The summed E-state index contributed by atoms with van der Waals surface area (Å²) in [6.07, 6.45) is 6.11. The topological polar surface area (TPSA) is 56.7 Å². The summed E-state index contributed by atoms with van der Waals surface area (Å²) in [6, 6.07) is 19.2. The van der Waals surface area contributed by atoms with Crippen LogP contribution in [0.2, 0.25) is 0 Å². The van der Waals surface area contributed by atoms with E-state index in [4.69, 9.17) is 4.99 Å². The van der Waals surface area contributed by atoms with Crippen LogP contribution in [0.4, 0.5) is 0 Å². The predicted molar refractivity (Wildman–Crippen MR) is 123 cm³/mol. The first-order chi connectivity index (χ1) is 15.2. The number of allylic oxidation sites excluding steroid dienone is 1. The molecule has 5 nitrogen and oxygen atoms in total. The molecule has 0 saturated heterocycles. The maximum absolute atomic E-state index is 11.9. The largest absolute Gasteiger partial charge is 0.324 e. The summed E-state index contributed by atoms with van der Waals surface area (Å²) in [5, 5.41) is 6.57. The summed E-state index contributed by atoms with van der Waals surface area (Å²) < 4.78 is 0. The van der Waals surface area contributed by atoms with E-state index in [9.17, 15) is 4.79 Å². The number of nitrogens with one attached hydrogen (secondary N) is 2. The normalized spacial score (nSPS) is 18.2. The highest BCUT2D eigenvalue weighted by Gasteiger charge is 2.32. The summed E-state index contributed by atoms with van der Waals surface area (Å²) in [5.41, 5.74) is 6.75. The second kappa shape index (κ2) is 8.36. The van der Waals surface area contributed by atoms with Crippen molar-refractivity contribution in [3.05, 3.63) is 107 Å². The van der Waals surface area contributed by atoms with Crippen LogP contribution in [0.25, 0.3) is 0 Å². The molecule has 0 bridgehead atoms. The fraction of sp³-hybridized carbons (Fsp3) is 0.231. The molecule has 5 heteroatoms. The first kappa shape index (κ1) is 19.5. The van der Waals surface area contributed by atoms with E-state index in [1.807, 2.05) is 12.3 Å². The van der Waals surface area contributed by atoms with Crippen molar-refractivity contribution in [2.75, 3.05) is 13.1 Å². The number of benzene rings is 2. The van der Waals surface area contributed by atoms with E-state index in [2.05, 4.69) is 77.1 Å². The molecule has 1 amide bonds. The first-order valence-corrected chi connectivity index (χ1v) is 10.8. The van der Waals surface area contributed by atoms with Crippen molar-refractivity contribution >= 4 is 11.7 Å². The van der Waals surface area contributed by atoms with E-state index >= 15 is 0 Å². The van der Waals surface area contributed by atoms with Gasteiger partial charge in [-0.3, -0.25) is 4.79 Å². The molecule has 2 aromatic carbocycles. The van der Waals surface area contributed by atoms with Crippen LogP contribution in [0.3, 0.4) is 0 Å². The number of hydrogen-bond donors (Lipinski definition) is 2. The minimum Gasteiger partial charge on any atom is -0.324 e. The molecule has 156 valence electrons. The van der Waals surface area contributed by atoms with Gasteiger partial charge < -0.3 is 15.5 Å². The molecule has 0 saturated carbocycles. The third-order valence-corrected chi connectivity index (χ3v) is 6.04. The van der Waals surface area contributed by atoms with Gasteiger partial charge in [-0.15, -0.1) is 0 Å². The lowest BCUT2D eigenvalue weighted by atomic mass is 10.0. The number of aliphatic imine (C=N–C) groups is 1. The number of carbonyl (C=O) groups is 1. The maximum atomic E-state index is 11.9. The number of hydrogen-bond acceptors (Lipinski definition) is 4. The van der Waals surface area contributed by atoms with Crippen molar-refractivity contribution < 1.29 is 4.79 Å². The Kier molecular flexibility index (Phi) is 5.26. The smallest absolute Gasteiger partial charge is 0.248 e. The lowest BCUT2D eigenvalue weighted by Gasteiger charge is -2.27. The third-order valence-electron chi connectivity index (χ3n) is 6.04. The van der Waals surface area contributed by atoms with Gasteiger partial charge in [-0.2, -0.15) is 0 Å². The number of nitrogens with zero attached hydrogens (tertiary/aromatic N) is 2. The highest BCUT2D eigenvalue weighted by Crippen LogP contribution is 2.34. The van der Waals surface area contributed by atoms with Crippen molar-refractivity contribution in [1.82, 2.24) is 15.5 Å². The fourth-order valence-electron chi connectivity index (χ4n) is 4.35. The number of carbonyl (C=O) groups excluding carboxylic acids is 1. The SMILES string of the molecule is CC(CNCc1ccc(C2=NC=C3C=CC(=O)NC4=C3N2CC4)cc1)c1ccccc1. The van der Waals surface area contributed by atoms with Crippen molar-refractivity contribution in [3.63, 3.8) is 0 Å².